The summed E-state index contributed by atoms with van der Waals surface area (Å²) in [5.41, 5.74) is 3.62. The maximum absolute atomic E-state index is 13.5. The number of hydrogen-bond acceptors (Lipinski definition) is 8. The molecule has 10 nitrogen and oxygen atoms in total. The number of aromatic nitrogens is 3. The quantitative estimate of drug-likeness (QED) is 0.150. The van der Waals surface area contributed by atoms with Crippen LogP contribution in [0.5, 0.6) is 0 Å². The molecule has 4 rings (SSSR count). The molecule has 0 fully saturated rings. The van der Waals surface area contributed by atoms with E-state index in [9.17, 15) is 9.59 Å². The van der Waals surface area contributed by atoms with Gasteiger partial charge < -0.3 is 19.4 Å². The zero-order chi connectivity index (χ0) is 27.8. The Morgan fingerprint density at radius 3 is 2.40 bits per heavy atom. The zero-order valence-electron chi connectivity index (χ0n) is 22.7. The first-order chi connectivity index (χ1) is 18.9. The highest BCUT2D eigenvalue weighted by Gasteiger charge is 2.21. The zero-order valence-corrected chi connectivity index (χ0v) is 23.5. The maximum Gasteiger partial charge on any atom is 0.307 e. The summed E-state index contributed by atoms with van der Waals surface area (Å²) in [5.74, 6) is 0.755. The van der Waals surface area contributed by atoms with Crippen molar-refractivity contribution in [2.75, 3.05) is 30.0 Å². The van der Waals surface area contributed by atoms with Crippen LogP contribution in [0.25, 0.3) is 11.0 Å². The van der Waals surface area contributed by atoms with E-state index in [4.69, 9.17) is 19.9 Å². The highest BCUT2D eigenvalue weighted by atomic mass is 35.5. The van der Waals surface area contributed by atoms with E-state index in [-0.39, 0.29) is 49.8 Å². The van der Waals surface area contributed by atoms with Crippen molar-refractivity contribution in [3.8, 4) is 0 Å². The Morgan fingerprint density at radius 2 is 1.73 bits per heavy atom. The van der Waals surface area contributed by atoms with Gasteiger partial charge in [0.1, 0.15) is 11.6 Å². The monoisotopic (exact) mass is 564 g/mol. The van der Waals surface area contributed by atoms with Gasteiger partial charge in [-0.25, -0.2) is 9.97 Å². The van der Waals surface area contributed by atoms with Gasteiger partial charge >= 0.3 is 5.97 Å². The molecule has 2 aromatic heterocycles. The minimum Gasteiger partial charge on any atom is -0.478 e. The van der Waals surface area contributed by atoms with Gasteiger partial charge in [0.2, 0.25) is 5.90 Å². The first kappa shape index (κ1) is 30.1. The molecule has 0 radical (unpaired) electrons. The third-order valence-electron chi connectivity index (χ3n) is 6.12. The second-order valence-corrected chi connectivity index (χ2v) is 8.68. The van der Waals surface area contributed by atoms with Gasteiger partial charge in [0, 0.05) is 36.6 Å². The molecule has 0 aliphatic carbocycles. The topological polar surface area (TPSA) is 122 Å². The van der Waals surface area contributed by atoms with Crippen molar-refractivity contribution >= 4 is 52.7 Å². The Labute approximate surface area is 239 Å². The first-order valence-electron chi connectivity index (χ1n) is 12.8. The van der Waals surface area contributed by atoms with Crippen molar-refractivity contribution in [2.45, 2.75) is 26.8 Å². The summed E-state index contributed by atoms with van der Waals surface area (Å²) < 4.78 is 12.3. The first-order valence-corrected chi connectivity index (χ1v) is 12.8. The van der Waals surface area contributed by atoms with Crippen LogP contribution in [0.2, 0.25) is 0 Å². The minimum atomic E-state index is -0.370. The van der Waals surface area contributed by atoms with Gasteiger partial charge in [0.25, 0.3) is 5.91 Å². The fraction of sp³-hybridized carbons (Fsp3) is 0.276. The van der Waals surface area contributed by atoms with Gasteiger partial charge in [-0.1, -0.05) is 6.07 Å². The lowest BCUT2D eigenvalue weighted by atomic mass is 10.1. The number of aryl methyl sites for hydroxylation is 1. The molecule has 0 saturated carbocycles. The molecule has 2 heterocycles. The van der Waals surface area contributed by atoms with Crippen molar-refractivity contribution in [1.82, 2.24) is 14.5 Å². The number of carbonyl (C=O) groups is 2. The maximum atomic E-state index is 13.5. The SMILES string of the molecule is CCOC(=N)c1ccc(NCc2nc3cc(C(=O)N(CCC(=O)OCC)c4ccccn4)ccc3n2C)cc1.Cl. The second-order valence-electron chi connectivity index (χ2n) is 8.68. The van der Waals surface area contributed by atoms with Crippen LogP contribution in [-0.2, 0) is 27.9 Å². The molecule has 4 aromatic rings. The molecular formula is C29H33ClN6O4. The summed E-state index contributed by atoms with van der Waals surface area (Å²) in [6, 6.07) is 18.2. The highest BCUT2D eigenvalue weighted by Crippen LogP contribution is 2.21. The van der Waals surface area contributed by atoms with E-state index < -0.39 is 0 Å². The number of esters is 1. The number of amides is 1. The molecular weight excluding hydrogens is 532 g/mol. The number of ether oxygens (including phenoxy) is 2. The van der Waals surface area contributed by atoms with Crippen LogP contribution in [0.3, 0.4) is 0 Å². The summed E-state index contributed by atoms with van der Waals surface area (Å²) in [4.78, 5) is 36.1. The number of rotatable bonds is 11. The summed E-state index contributed by atoms with van der Waals surface area (Å²) >= 11 is 0. The van der Waals surface area contributed by atoms with Gasteiger partial charge in [0.05, 0.1) is 37.2 Å². The van der Waals surface area contributed by atoms with E-state index in [1.54, 1.807) is 43.5 Å². The lowest BCUT2D eigenvalue weighted by Gasteiger charge is -2.21. The summed E-state index contributed by atoms with van der Waals surface area (Å²) in [7, 11) is 1.93. The molecule has 0 spiro atoms. The molecule has 0 saturated heterocycles. The molecule has 2 N–H and O–H groups in total. The van der Waals surface area contributed by atoms with Crippen LogP contribution in [0.1, 0.15) is 42.0 Å². The predicted octanol–water partition coefficient (Wildman–Crippen LogP) is 4.96. The van der Waals surface area contributed by atoms with Crippen molar-refractivity contribution < 1.29 is 19.1 Å². The molecule has 0 bridgehead atoms. The van der Waals surface area contributed by atoms with Crippen LogP contribution < -0.4 is 10.2 Å². The Bertz CT molecular complexity index is 1460. The van der Waals surface area contributed by atoms with E-state index in [0.717, 1.165) is 17.0 Å². The van der Waals surface area contributed by atoms with Crippen molar-refractivity contribution in [3.05, 3.63) is 83.8 Å². The minimum absolute atomic E-state index is 0. The van der Waals surface area contributed by atoms with Gasteiger partial charge in [-0.05, 0) is 68.4 Å². The third-order valence-corrected chi connectivity index (χ3v) is 6.12. The molecule has 40 heavy (non-hydrogen) atoms. The van der Waals surface area contributed by atoms with Crippen LogP contribution in [0.4, 0.5) is 11.5 Å². The van der Waals surface area contributed by atoms with E-state index in [0.29, 0.717) is 35.6 Å². The number of fused-ring (bicyclic) bond motifs is 1. The Hall–Kier alpha value is -4.44. The van der Waals surface area contributed by atoms with E-state index in [2.05, 4.69) is 10.3 Å². The van der Waals surface area contributed by atoms with Crippen LogP contribution in [-0.4, -0.2) is 52.1 Å². The van der Waals surface area contributed by atoms with Gasteiger partial charge in [-0.15, -0.1) is 12.4 Å². The van der Waals surface area contributed by atoms with Crippen molar-refractivity contribution in [3.63, 3.8) is 0 Å². The standard InChI is InChI=1S/C29H32N6O4.ClH/c1-4-38-27(36)15-17-35(25-8-6-7-16-31-25)29(37)21-11-14-24-23(18-21)33-26(34(24)3)19-32-22-12-9-20(10-13-22)28(30)39-5-2;/h6-14,16,18,30,32H,4-5,15,17,19H2,1-3H3;1H. The number of hydrogen-bond donors (Lipinski definition) is 2. The number of nitrogens with one attached hydrogen (secondary N) is 2. The average molecular weight is 565 g/mol. The fourth-order valence-corrected chi connectivity index (χ4v) is 4.11. The van der Waals surface area contributed by atoms with Gasteiger partial charge in [0.15, 0.2) is 0 Å². The summed E-state index contributed by atoms with van der Waals surface area (Å²) in [6.07, 6.45) is 1.67. The van der Waals surface area contributed by atoms with Crippen LogP contribution >= 0.6 is 12.4 Å². The molecule has 0 aliphatic heterocycles. The number of imidazole rings is 1. The van der Waals surface area contributed by atoms with E-state index >= 15 is 0 Å². The van der Waals surface area contributed by atoms with Crippen molar-refractivity contribution in [1.29, 1.82) is 5.41 Å². The van der Waals surface area contributed by atoms with Crippen LogP contribution in [0, 0.1) is 5.41 Å². The predicted molar refractivity (Wildman–Crippen MR) is 157 cm³/mol. The molecule has 11 heteroatoms. The number of halogens is 1. The van der Waals surface area contributed by atoms with Gasteiger partial charge in [-0.3, -0.25) is 19.9 Å². The van der Waals surface area contributed by atoms with E-state index in [1.807, 2.05) is 48.9 Å². The lowest BCUT2D eigenvalue weighted by molar-refractivity contribution is -0.142. The summed E-state index contributed by atoms with van der Waals surface area (Å²) in [5, 5.41) is 11.3. The molecule has 0 atom stereocenters. The molecule has 210 valence electrons. The Kier molecular flexibility index (Phi) is 10.6. The Morgan fingerprint density at radius 1 is 1.00 bits per heavy atom. The third kappa shape index (κ3) is 7.15. The summed E-state index contributed by atoms with van der Waals surface area (Å²) in [6.45, 7) is 4.95. The molecule has 0 aliphatic rings. The fourth-order valence-electron chi connectivity index (χ4n) is 4.11. The van der Waals surface area contributed by atoms with Crippen molar-refractivity contribution in [2.24, 2.45) is 7.05 Å². The number of anilines is 2. The number of benzene rings is 2. The number of carbonyl (C=O) groups excluding carboxylic acids is 2. The molecule has 2 aromatic carbocycles. The Balaban J connectivity index is 0.00000441. The lowest BCUT2D eigenvalue weighted by Crippen LogP contribution is -2.34. The normalized spacial score (nSPS) is 10.5. The highest BCUT2D eigenvalue weighted by molar-refractivity contribution is 6.07. The number of nitrogens with zero attached hydrogens (tertiary/aromatic N) is 4. The molecule has 0 unspecified atom stereocenters. The average Bonchev–Trinajstić information content (AvgIpc) is 3.27. The van der Waals surface area contributed by atoms with Crippen LogP contribution in [0.15, 0.2) is 66.9 Å². The number of pyridine rings is 1. The van der Waals surface area contributed by atoms with E-state index in [1.165, 1.54) is 4.90 Å². The van der Waals surface area contributed by atoms with Gasteiger partial charge in [-0.2, -0.15) is 0 Å². The largest absolute Gasteiger partial charge is 0.478 e. The second kappa shape index (κ2) is 14.1. The molecule has 1 amide bonds. The smallest absolute Gasteiger partial charge is 0.307 e.